The van der Waals surface area contributed by atoms with Gasteiger partial charge < -0.3 is 4.90 Å². The quantitative estimate of drug-likeness (QED) is 0.500. The fourth-order valence-corrected chi connectivity index (χ4v) is 0.895. The first-order valence-corrected chi connectivity index (χ1v) is 3.80. The average Bonchev–Trinajstić information content (AvgIpc) is 2.03. The normalized spacial score (nSPS) is 9.58. The number of hydrogen-bond donors (Lipinski definition) is 1. The molecule has 0 bridgehead atoms. The van der Waals surface area contributed by atoms with Gasteiger partial charge in [-0.25, -0.2) is 0 Å². The third-order valence-corrected chi connectivity index (χ3v) is 1.61. The summed E-state index contributed by atoms with van der Waals surface area (Å²) in [6.07, 6.45) is 1.72. The Morgan fingerprint density at radius 2 is 2.17 bits per heavy atom. The highest BCUT2D eigenvalue weighted by molar-refractivity contribution is 5.94. The predicted molar refractivity (Wildman–Crippen MR) is 49.5 cm³/mol. The van der Waals surface area contributed by atoms with Gasteiger partial charge in [-0.15, -0.1) is 0 Å². The van der Waals surface area contributed by atoms with Crippen LogP contribution in [0.15, 0.2) is 18.3 Å². The van der Waals surface area contributed by atoms with Gasteiger partial charge in [0.25, 0.3) is 0 Å². The lowest BCUT2D eigenvalue weighted by Gasteiger charge is -2.12. The van der Waals surface area contributed by atoms with E-state index in [1.807, 2.05) is 33.2 Å². The van der Waals surface area contributed by atoms with Crippen LogP contribution < -0.4 is 0 Å². The molecule has 0 saturated heterocycles. The van der Waals surface area contributed by atoms with Crippen LogP contribution in [0.3, 0.4) is 0 Å². The van der Waals surface area contributed by atoms with Crippen molar-refractivity contribution in [3.05, 3.63) is 29.6 Å². The summed E-state index contributed by atoms with van der Waals surface area (Å²) in [5, 5.41) is 7.64. The molecule has 1 N–H and O–H groups in total. The Bertz CT molecular complexity index is 292. The van der Waals surface area contributed by atoms with Crippen LogP contribution in [0.2, 0.25) is 0 Å². The van der Waals surface area contributed by atoms with Crippen molar-refractivity contribution in [2.45, 2.75) is 6.92 Å². The zero-order chi connectivity index (χ0) is 9.14. The number of nitrogens with zero attached hydrogens (tertiary/aromatic N) is 2. The molecule has 0 saturated carbocycles. The van der Waals surface area contributed by atoms with Crippen molar-refractivity contribution in [2.24, 2.45) is 0 Å². The van der Waals surface area contributed by atoms with Crippen LogP contribution in [-0.2, 0) is 0 Å². The SMILES string of the molecule is Cc1ccnc(C(=N)N(C)C)c1. The largest absolute Gasteiger partial charge is 0.361 e. The number of aromatic nitrogens is 1. The van der Waals surface area contributed by atoms with Crippen molar-refractivity contribution in [3.8, 4) is 0 Å². The van der Waals surface area contributed by atoms with Crippen LogP contribution in [0.4, 0.5) is 0 Å². The molecule has 0 atom stereocenters. The predicted octanol–water partition coefficient (Wildman–Crippen LogP) is 1.28. The molecule has 1 rings (SSSR count). The summed E-state index contributed by atoms with van der Waals surface area (Å²) in [6, 6.07) is 3.83. The Balaban J connectivity index is 2.96. The lowest BCUT2D eigenvalue weighted by Crippen LogP contribution is -2.22. The number of rotatable bonds is 1. The van der Waals surface area contributed by atoms with Crippen molar-refractivity contribution in [1.82, 2.24) is 9.88 Å². The van der Waals surface area contributed by atoms with Crippen molar-refractivity contribution >= 4 is 5.84 Å². The van der Waals surface area contributed by atoms with E-state index in [4.69, 9.17) is 5.41 Å². The highest BCUT2D eigenvalue weighted by Gasteiger charge is 2.03. The Kier molecular flexibility index (Phi) is 2.43. The molecule has 64 valence electrons. The highest BCUT2D eigenvalue weighted by atomic mass is 15.1. The topological polar surface area (TPSA) is 40.0 Å². The van der Waals surface area contributed by atoms with E-state index >= 15 is 0 Å². The van der Waals surface area contributed by atoms with Crippen LogP contribution in [0.5, 0.6) is 0 Å². The summed E-state index contributed by atoms with van der Waals surface area (Å²) < 4.78 is 0. The second-order valence-corrected chi connectivity index (χ2v) is 2.96. The van der Waals surface area contributed by atoms with E-state index in [1.165, 1.54) is 0 Å². The minimum atomic E-state index is 0.443. The van der Waals surface area contributed by atoms with E-state index in [1.54, 1.807) is 11.1 Å². The van der Waals surface area contributed by atoms with Gasteiger partial charge in [-0.05, 0) is 24.6 Å². The average molecular weight is 163 g/mol. The van der Waals surface area contributed by atoms with E-state index in [2.05, 4.69) is 4.98 Å². The highest BCUT2D eigenvalue weighted by Crippen LogP contribution is 2.01. The van der Waals surface area contributed by atoms with Gasteiger partial charge in [-0.1, -0.05) is 0 Å². The number of aryl methyl sites for hydroxylation is 1. The van der Waals surface area contributed by atoms with Crippen molar-refractivity contribution in [1.29, 1.82) is 5.41 Å². The fourth-order valence-electron chi connectivity index (χ4n) is 0.895. The summed E-state index contributed by atoms with van der Waals surface area (Å²) in [7, 11) is 3.68. The summed E-state index contributed by atoms with van der Waals surface area (Å²) in [5.74, 6) is 0.443. The number of amidine groups is 1. The van der Waals surface area contributed by atoms with Gasteiger partial charge in [0.05, 0.1) is 0 Å². The molecular formula is C9H13N3. The summed E-state index contributed by atoms with van der Waals surface area (Å²) >= 11 is 0. The first kappa shape index (κ1) is 8.71. The van der Waals surface area contributed by atoms with E-state index in [0.29, 0.717) is 5.84 Å². The van der Waals surface area contributed by atoms with Gasteiger partial charge in [0.1, 0.15) is 11.5 Å². The molecule has 1 aromatic rings. The molecule has 3 heteroatoms. The van der Waals surface area contributed by atoms with E-state index in [9.17, 15) is 0 Å². The number of pyridine rings is 1. The van der Waals surface area contributed by atoms with Crippen LogP contribution in [0, 0.1) is 12.3 Å². The third-order valence-electron chi connectivity index (χ3n) is 1.61. The molecule has 3 nitrogen and oxygen atoms in total. The fraction of sp³-hybridized carbons (Fsp3) is 0.333. The molecule has 0 amide bonds. The molecule has 0 unspecified atom stereocenters. The molecule has 1 aromatic heterocycles. The Hall–Kier alpha value is -1.38. The zero-order valence-electron chi connectivity index (χ0n) is 7.63. The maximum atomic E-state index is 7.64. The van der Waals surface area contributed by atoms with Crippen molar-refractivity contribution in [2.75, 3.05) is 14.1 Å². The smallest absolute Gasteiger partial charge is 0.146 e. The summed E-state index contributed by atoms with van der Waals surface area (Å²) in [5.41, 5.74) is 1.85. The molecule has 12 heavy (non-hydrogen) atoms. The second kappa shape index (κ2) is 3.34. The van der Waals surface area contributed by atoms with E-state index < -0.39 is 0 Å². The lowest BCUT2D eigenvalue weighted by atomic mass is 10.2. The molecular weight excluding hydrogens is 150 g/mol. The molecule has 1 heterocycles. The van der Waals surface area contributed by atoms with E-state index in [0.717, 1.165) is 11.3 Å². The minimum absolute atomic E-state index is 0.443. The maximum Gasteiger partial charge on any atom is 0.146 e. The van der Waals surface area contributed by atoms with Crippen LogP contribution in [0.1, 0.15) is 11.3 Å². The third kappa shape index (κ3) is 1.81. The molecule has 0 aromatic carbocycles. The Morgan fingerprint density at radius 3 is 2.67 bits per heavy atom. The van der Waals surface area contributed by atoms with E-state index in [-0.39, 0.29) is 0 Å². The maximum absolute atomic E-state index is 7.64. The molecule has 0 radical (unpaired) electrons. The standard InChI is InChI=1S/C9H13N3/c1-7-4-5-11-8(6-7)9(10)12(2)3/h4-6,10H,1-3H3. The zero-order valence-corrected chi connectivity index (χ0v) is 7.63. The molecule has 0 fully saturated rings. The van der Waals surface area contributed by atoms with Gasteiger partial charge >= 0.3 is 0 Å². The van der Waals surface area contributed by atoms with Gasteiger partial charge in [0.2, 0.25) is 0 Å². The first-order chi connectivity index (χ1) is 5.61. The van der Waals surface area contributed by atoms with Gasteiger partial charge in [-0.3, -0.25) is 10.4 Å². The van der Waals surface area contributed by atoms with Gasteiger partial charge in [-0.2, -0.15) is 0 Å². The first-order valence-electron chi connectivity index (χ1n) is 3.80. The van der Waals surface area contributed by atoms with Gasteiger partial charge in [0, 0.05) is 20.3 Å². The van der Waals surface area contributed by atoms with Crippen LogP contribution in [-0.4, -0.2) is 29.8 Å². The molecule has 0 aliphatic rings. The monoisotopic (exact) mass is 163 g/mol. The summed E-state index contributed by atoms with van der Waals surface area (Å²) in [4.78, 5) is 5.83. The number of hydrogen-bond acceptors (Lipinski definition) is 2. The van der Waals surface area contributed by atoms with Crippen molar-refractivity contribution < 1.29 is 0 Å². The lowest BCUT2D eigenvalue weighted by molar-refractivity contribution is 0.616. The number of nitrogens with one attached hydrogen (secondary N) is 1. The second-order valence-electron chi connectivity index (χ2n) is 2.96. The molecule has 0 spiro atoms. The molecule has 0 aliphatic heterocycles. The van der Waals surface area contributed by atoms with Crippen LogP contribution in [0.25, 0.3) is 0 Å². The van der Waals surface area contributed by atoms with Crippen molar-refractivity contribution in [3.63, 3.8) is 0 Å². The Morgan fingerprint density at radius 1 is 1.50 bits per heavy atom. The Labute approximate surface area is 72.6 Å². The summed E-state index contributed by atoms with van der Waals surface area (Å²) in [6.45, 7) is 1.99. The minimum Gasteiger partial charge on any atom is -0.361 e. The molecule has 0 aliphatic carbocycles. The van der Waals surface area contributed by atoms with Gasteiger partial charge in [0.15, 0.2) is 0 Å². The van der Waals surface area contributed by atoms with Crippen LogP contribution >= 0.6 is 0 Å².